The predicted octanol–water partition coefficient (Wildman–Crippen LogP) is 7.01. The highest BCUT2D eigenvalue weighted by Crippen LogP contribution is 2.12. The molecule has 0 heterocycles. The van der Waals surface area contributed by atoms with Gasteiger partial charge in [-0.25, -0.2) is 0 Å². The molecule has 0 atom stereocenters. The molecule has 0 rings (SSSR count). The minimum Gasteiger partial charge on any atom is -0.366 e. The molecule has 10 nitrogen and oxygen atoms in total. The lowest BCUT2D eigenvalue weighted by Gasteiger charge is -2.21. The van der Waals surface area contributed by atoms with Gasteiger partial charge in [0.2, 0.25) is 11.8 Å². The summed E-state index contributed by atoms with van der Waals surface area (Å²) in [4.78, 5) is 26.7. The molecule has 0 aromatic carbocycles. The summed E-state index contributed by atoms with van der Waals surface area (Å²) in [6.45, 7) is 12.0. The number of carbonyl (C=O) groups is 2. The van der Waals surface area contributed by atoms with Gasteiger partial charge in [0.15, 0.2) is 0 Å². The number of hydrogen-bond acceptors (Lipinski definition) is 8. The van der Waals surface area contributed by atoms with Gasteiger partial charge in [0.05, 0.1) is 13.5 Å². The van der Waals surface area contributed by atoms with Gasteiger partial charge in [0, 0.05) is 78.4 Å². The lowest BCUT2D eigenvalue weighted by Crippen LogP contribution is -2.39. The Kier molecular flexibility index (Phi) is 41.0. The van der Waals surface area contributed by atoms with Crippen LogP contribution in [-0.2, 0) is 19.1 Å². The number of amides is 2. The molecule has 0 aliphatic carbocycles. The van der Waals surface area contributed by atoms with Crippen molar-refractivity contribution in [2.24, 2.45) is 5.73 Å². The van der Waals surface area contributed by atoms with Crippen LogP contribution in [0.1, 0.15) is 168 Å². The quantitative estimate of drug-likeness (QED) is 0.0338. The van der Waals surface area contributed by atoms with Crippen molar-refractivity contribution < 1.29 is 19.1 Å². The molecule has 50 heavy (non-hydrogen) atoms. The van der Waals surface area contributed by atoms with Crippen LogP contribution in [0, 0.1) is 0 Å². The Morgan fingerprint density at radius 2 is 0.820 bits per heavy atom. The summed E-state index contributed by atoms with van der Waals surface area (Å²) < 4.78 is 11.3. The summed E-state index contributed by atoms with van der Waals surface area (Å²) in [5, 5.41) is 12.4. The Bertz CT molecular complexity index is 649. The monoisotopic (exact) mass is 713 g/mol. The predicted molar refractivity (Wildman–Crippen MR) is 211 cm³/mol. The highest BCUT2D eigenvalue weighted by Gasteiger charge is 2.10. The summed E-state index contributed by atoms with van der Waals surface area (Å²) in [6, 6.07) is 0. The van der Waals surface area contributed by atoms with Crippen LogP contribution in [0.25, 0.3) is 0 Å². The Morgan fingerprint density at radius 3 is 1.16 bits per heavy atom. The number of rotatable bonds is 42. The van der Waals surface area contributed by atoms with Crippen molar-refractivity contribution >= 4 is 11.8 Å². The van der Waals surface area contributed by atoms with Gasteiger partial charge in [-0.1, -0.05) is 142 Å². The van der Waals surface area contributed by atoms with Crippen LogP contribution in [0.4, 0.5) is 0 Å². The third-order valence-electron chi connectivity index (χ3n) is 9.20. The standard InChI is InChI=1S/C40H84N6O4/c1-3-5-7-9-11-13-15-17-19-21-23-35-49-37-42-28-30-44-39(47)25-32-46(34-27-41)33-26-40(48)45-31-29-43-38-50-36-24-22-20-18-16-14-12-10-8-6-4-2/h42-43H,3-38,41H2,1-2H3,(H,44,47)(H,45,48). The van der Waals surface area contributed by atoms with E-state index in [9.17, 15) is 9.59 Å². The number of nitrogens with zero attached hydrogens (tertiary/aromatic N) is 1. The minimum atomic E-state index is 0.0111. The first-order chi connectivity index (χ1) is 24.6. The zero-order valence-electron chi connectivity index (χ0n) is 33.1. The van der Waals surface area contributed by atoms with Crippen molar-refractivity contribution in [3.63, 3.8) is 0 Å². The molecule has 0 aromatic rings. The molecule has 2 amide bonds. The smallest absolute Gasteiger partial charge is 0.221 e. The van der Waals surface area contributed by atoms with Crippen molar-refractivity contribution in [2.45, 2.75) is 168 Å². The summed E-state index contributed by atoms with van der Waals surface area (Å²) in [7, 11) is 0. The van der Waals surface area contributed by atoms with Crippen LogP contribution < -0.4 is 27.0 Å². The first-order valence-electron chi connectivity index (χ1n) is 21.2. The molecule has 0 aromatic heterocycles. The normalized spacial score (nSPS) is 11.4. The van der Waals surface area contributed by atoms with Crippen molar-refractivity contribution in [1.29, 1.82) is 0 Å². The van der Waals surface area contributed by atoms with E-state index in [0.29, 0.717) is 78.7 Å². The maximum Gasteiger partial charge on any atom is 0.221 e. The Balaban J connectivity index is 3.55. The summed E-state index contributed by atoms with van der Waals surface area (Å²) in [5.74, 6) is 0.0221. The van der Waals surface area contributed by atoms with Crippen LogP contribution in [0.3, 0.4) is 0 Å². The zero-order chi connectivity index (χ0) is 36.4. The molecule has 0 unspecified atom stereocenters. The molecule has 6 N–H and O–H groups in total. The van der Waals surface area contributed by atoms with E-state index in [2.05, 4.69) is 40.0 Å². The van der Waals surface area contributed by atoms with Crippen molar-refractivity contribution in [2.75, 3.05) is 79.0 Å². The van der Waals surface area contributed by atoms with E-state index in [1.807, 2.05) is 0 Å². The number of unbranched alkanes of at least 4 members (excludes halogenated alkanes) is 20. The number of nitrogens with one attached hydrogen (secondary N) is 4. The topological polar surface area (TPSA) is 130 Å². The molecule has 0 bridgehead atoms. The van der Waals surface area contributed by atoms with Crippen LogP contribution in [0.5, 0.6) is 0 Å². The van der Waals surface area contributed by atoms with Gasteiger partial charge in [0.1, 0.15) is 0 Å². The highest BCUT2D eigenvalue weighted by atomic mass is 16.5. The van der Waals surface area contributed by atoms with Crippen molar-refractivity contribution in [1.82, 2.24) is 26.2 Å². The third kappa shape index (κ3) is 39.5. The summed E-state index contributed by atoms with van der Waals surface area (Å²) in [6.07, 6.45) is 30.2. The van der Waals surface area contributed by atoms with Gasteiger partial charge in [-0.3, -0.25) is 20.2 Å². The van der Waals surface area contributed by atoms with E-state index < -0.39 is 0 Å². The highest BCUT2D eigenvalue weighted by molar-refractivity contribution is 5.76. The first-order valence-corrected chi connectivity index (χ1v) is 21.2. The maximum absolute atomic E-state index is 12.3. The number of ether oxygens (including phenoxy) is 2. The molecule has 0 spiro atoms. The second kappa shape index (κ2) is 42.1. The molecule has 0 saturated heterocycles. The fraction of sp³-hybridized carbons (Fsp3) is 0.950. The lowest BCUT2D eigenvalue weighted by atomic mass is 10.1. The molecule has 0 fully saturated rings. The van der Waals surface area contributed by atoms with Gasteiger partial charge >= 0.3 is 0 Å². The van der Waals surface area contributed by atoms with E-state index >= 15 is 0 Å². The minimum absolute atomic E-state index is 0.0111. The van der Waals surface area contributed by atoms with Crippen molar-refractivity contribution in [3.05, 3.63) is 0 Å². The SMILES string of the molecule is CCCCCCCCCCCCCOCNCCNC(=O)CCN(CCN)CCC(=O)NCCNCOCCCCCCCCCCCCC. The van der Waals surface area contributed by atoms with Crippen LogP contribution in [0.2, 0.25) is 0 Å². The zero-order valence-corrected chi connectivity index (χ0v) is 33.1. The van der Waals surface area contributed by atoms with Gasteiger partial charge in [0.25, 0.3) is 0 Å². The van der Waals surface area contributed by atoms with Gasteiger partial charge in [-0.15, -0.1) is 0 Å². The fourth-order valence-electron chi connectivity index (χ4n) is 5.96. The number of hydrogen-bond donors (Lipinski definition) is 5. The van der Waals surface area contributed by atoms with E-state index in [-0.39, 0.29) is 11.8 Å². The van der Waals surface area contributed by atoms with Crippen LogP contribution in [-0.4, -0.2) is 95.7 Å². The number of carbonyl (C=O) groups excluding carboxylic acids is 2. The van der Waals surface area contributed by atoms with Crippen molar-refractivity contribution in [3.8, 4) is 0 Å². The van der Waals surface area contributed by atoms with Crippen LogP contribution >= 0.6 is 0 Å². The molecular formula is C40H84N6O4. The number of nitrogens with two attached hydrogens (primary N) is 1. The second-order valence-corrected chi connectivity index (χ2v) is 14.0. The Hall–Kier alpha value is -1.30. The van der Waals surface area contributed by atoms with E-state index in [4.69, 9.17) is 15.2 Å². The molecule has 0 aliphatic heterocycles. The fourth-order valence-corrected chi connectivity index (χ4v) is 5.96. The molecule has 0 radical (unpaired) electrons. The Morgan fingerprint density at radius 1 is 0.480 bits per heavy atom. The maximum atomic E-state index is 12.3. The summed E-state index contributed by atoms with van der Waals surface area (Å²) in [5.41, 5.74) is 5.77. The second-order valence-electron chi connectivity index (χ2n) is 14.0. The molecule has 0 aliphatic rings. The largest absolute Gasteiger partial charge is 0.366 e. The molecule has 0 saturated carbocycles. The van der Waals surface area contributed by atoms with E-state index in [0.717, 1.165) is 26.1 Å². The van der Waals surface area contributed by atoms with Gasteiger partial charge in [-0.2, -0.15) is 0 Å². The Labute approximate surface area is 309 Å². The van der Waals surface area contributed by atoms with E-state index in [1.54, 1.807) is 0 Å². The molecule has 298 valence electrons. The van der Waals surface area contributed by atoms with Crippen LogP contribution in [0.15, 0.2) is 0 Å². The molecular weight excluding hydrogens is 628 g/mol. The van der Waals surface area contributed by atoms with E-state index in [1.165, 1.54) is 128 Å². The van der Waals surface area contributed by atoms with Gasteiger partial charge < -0.3 is 30.7 Å². The molecule has 10 heteroatoms. The van der Waals surface area contributed by atoms with Gasteiger partial charge in [-0.05, 0) is 12.8 Å². The lowest BCUT2D eigenvalue weighted by molar-refractivity contribution is -0.121. The third-order valence-corrected chi connectivity index (χ3v) is 9.20. The summed E-state index contributed by atoms with van der Waals surface area (Å²) >= 11 is 0. The average molecular weight is 713 g/mol. The average Bonchev–Trinajstić information content (AvgIpc) is 3.12. The first kappa shape index (κ1) is 48.7.